The number of benzene rings is 2. The largest absolute Gasteiger partial charge is 0.454 e. The second-order valence-corrected chi connectivity index (χ2v) is 10.5. The highest BCUT2D eigenvalue weighted by Crippen LogP contribution is 2.36. The number of nitrogens with zero attached hydrogens (tertiary/aromatic N) is 4. The minimum absolute atomic E-state index is 0.227. The number of carbonyl (C=O) groups is 1. The second kappa shape index (κ2) is 9.93. The number of fused-ring (bicyclic) bond motifs is 2. The van der Waals surface area contributed by atoms with Crippen molar-refractivity contribution in [3.63, 3.8) is 0 Å². The van der Waals surface area contributed by atoms with Gasteiger partial charge < -0.3 is 14.4 Å². The molecule has 0 radical (unpaired) electrons. The van der Waals surface area contributed by atoms with Crippen molar-refractivity contribution in [1.29, 1.82) is 0 Å². The molecular formula is C27H30N4O3S. The lowest BCUT2D eigenvalue weighted by Crippen LogP contribution is -2.50. The van der Waals surface area contributed by atoms with E-state index < -0.39 is 0 Å². The van der Waals surface area contributed by atoms with Gasteiger partial charge in [0, 0.05) is 18.2 Å². The highest BCUT2D eigenvalue weighted by molar-refractivity contribution is 7.99. The first-order valence-corrected chi connectivity index (χ1v) is 13.5. The van der Waals surface area contributed by atoms with Gasteiger partial charge in [0.1, 0.15) is 0 Å². The SMILES string of the molecule is O=C(CSc1nnc(-c2ccccc2)n1Cc1ccc2c(c1)OCO2)N1CCCC2CCCCC21. The number of piperidine rings is 1. The van der Waals surface area contributed by atoms with E-state index in [4.69, 9.17) is 9.47 Å². The van der Waals surface area contributed by atoms with Gasteiger partial charge in [0.05, 0.1) is 12.3 Å². The van der Waals surface area contributed by atoms with E-state index in [2.05, 4.69) is 19.7 Å². The molecule has 2 aromatic carbocycles. The van der Waals surface area contributed by atoms with E-state index >= 15 is 0 Å². The van der Waals surface area contributed by atoms with Crippen LogP contribution >= 0.6 is 11.8 Å². The summed E-state index contributed by atoms with van der Waals surface area (Å²) in [4.78, 5) is 15.5. The summed E-state index contributed by atoms with van der Waals surface area (Å²) in [6, 6.07) is 16.5. The number of amides is 1. The molecular weight excluding hydrogens is 460 g/mol. The summed E-state index contributed by atoms with van der Waals surface area (Å²) in [5.41, 5.74) is 2.07. The number of hydrogen-bond acceptors (Lipinski definition) is 6. The van der Waals surface area contributed by atoms with Crippen molar-refractivity contribution in [2.45, 2.75) is 56.3 Å². The van der Waals surface area contributed by atoms with E-state index in [1.807, 2.05) is 48.5 Å². The Balaban J connectivity index is 1.23. The average molecular weight is 491 g/mol. The number of thioether (sulfide) groups is 1. The predicted molar refractivity (Wildman–Crippen MR) is 135 cm³/mol. The molecule has 182 valence electrons. The van der Waals surface area contributed by atoms with Crippen molar-refractivity contribution >= 4 is 17.7 Å². The van der Waals surface area contributed by atoms with Gasteiger partial charge in [0.2, 0.25) is 12.7 Å². The summed E-state index contributed by atoms with van der Waals surface area (Å²) < 4.78 is 13.1. The van der Waals surface area contributed by atoms with Gasteiger partial charge in [0.15, 0.2) is 22.5 Å². The Hall–Kier alpha value is -3.00. The molecule has 35 heavy (non-hydrogen) atoms. The van der Waals surface area contributed by atoms with Gasteiger partial charge in [0.25, 0.3) is 0 Å². The number of likely N-dealkylation sites (tertiary alicyclic amines) is 1. The number of hydrogen-bond donors (Lipinski definition) is 0. The van der Waals surface area contributed by atoms with Gasteiger partial charge in [-0.25, -0.2) is 0 Å². The molecule has 1 aromatic heterocycles. The summed E-state index contributed by atoms with van der Waals surface area (Å²) in [6.45, 7) is 1.72. The quantitative estimate of drug-likeness (QED) is 0.453. The van der Waals surface area contributed by atoms with Crippen LogP contribution in [0.15, 0.2) is 53.7 Å². The Kier molecular flexibility index (Phi) is 6.37. The highest BCUT2D eigenvalue weighted by atomic mass is 32.2. The summed E-state index contributed by atoms with van der Waals surface area (Å²) >= 11 is 1.49. The molecule has 1 aliphatic carbocycles. The molecule has 2 fully saturated rings. The molecule has 3 heterocycles. The first kappa shape index (κ1) is 22.5. The van der Waals surface area contributed by atoms with E-state index in [1.165, 1.54) is 37.4 Å². The first-order chi connectivity index (χ1) is 17.3. The zero-order valence-corrected chi connectivity index (χ0v) is 20.6. The fraction of sp³-hybridized carbons (Fsp3) is 0.444. The van der Waals surface area contributed by atoms with Gasteiger partial charge in [-0.05, 0) is 49.3 Å². The molecule has 3 aromatic rings. The van der Waals surface area contributed by atoms with Crippen molar-refractivity contribution in [2.75, 3.05) is 19.1 Å². The molecule has 7 nitrogen and oxygen atoms in total. The Morgan fingerprint density at radius 2 is 1.80 bits per heavy atom. The van der Waals surface area contributed by atoms with Gasteiger partial charge in [-0.3, -0.25) is 9.36 Å². The molecule has 2 unspecified atom stereocenters. The zero-order valence-electron chi connectivity index (χ0n) is 19.8. The lowest BCUT2D eigenvalue weighted by molar-refractivity contribution is -0.134. The third-order valence-electron chi connectivity index (χ3n) is 7.41. The molecule has 3 aliphatic rings. The topological polar surface area (TPSA) is 69.5 Å². The maximum atomic E-state index is 13.3. The summed E-state index contributed by atoms with van der Waals surface area (Å²) in [6.07, 6.45) is 7.36. The Labute approximate surface area is 209 Å². The fourth-order valence-electron chi connectivity index (χ4n) is 5.70. The molecule has 2 atom stereocenters. The van der Waals surface area contributed by atoms with E-state index in [9.17, 15) is 4.79 Å². The first-order valence-electron chi connectivity index (χ1n) is 12.6. The van der Waals surface area contributed by atoms with Gasteiger partial charge in [-0.2, -0.15) is 0 Å². The summed E-state index contributed by atoms with van der Waals surface area (Å²) in [5.74, 6) is 3.62. The van der Waals surface area contributed by atoms with Crippen LogP contribution in [0.4, 0.5) is 0 Å². The summed E-state index contributed by atoms with van der Waals surface area (Å²) in [5, 5.41) is 9.79. The molecule has 1 amide bonds. The number of aromatic nitrogens is 3. The molecule has 0 spiro atoms. The van der Waals surface area contributed by atoms with Crippen molar-refractivity contribution in [2.24, 2.45) is 5.92 Å². The second-order valence-electron chi connectivity index (χ2n) is 9.58. The van der Waals surface area contributed by atoms with E-state index in [0.29, 0.717) is 24.3 Å². The smallest absolute Gasteiger partial charge is 0.233 e. The number of ether oxygens (including phenoxy) is 2. The minimum Gasteiger partial charge on any atom is -0.454 e. The molecule has 2 aliphatic heterocycles. The lowest BCUT2D eigenvalue weighted by atomic mass is 9.78. The standard InChI is InChI=1S/C27H30N4O3S/c32-25(30-14-6-10-20-7-4-5-11-22(20)30)17-35-27-29-28-26(21-8-2-1-3-9-21)31(27)16-19-12-13-23-24(15-19)34-18-33-23/h1-3,8-9,12-13,15,20,22H,4-7,10-11,14,16-18H2. The van der Waals surface area contributed by atoms with Gasteiger partial charge in [-0.1, -0.05) is 61.0 Å². The van der Waals surface area contributed by atoms with Crippen LogP contribution in [0.5, 0.6) is 11.5 Å². The van der Waals surface area contributed by atoms with Gasteiger partial charge in [-0.15, -0.1) is 10.2 Å². The molecule has 1 saturated carbocycles. The van der Waals surface area contributed by atoms with Crippen LogP contribution in [0.25, 0.3) is 11.4 Å². The van der Waals surface area contributed by atoms with Crippen LogP contribution in [0.1, 0.15) is 44.1 Å². The third kappa shape index (κ3) is 4.63. The van der Waals surface area contributed by atoms with Crippen LogP contribution in [0, 0.1) is 5.92 Å². The molecule has 8 heteroatoms. The van der Waals surface area contributed by atoms with Crippen molar-refractivity contribution in [3.05, 3.63) is 54.1 Å². The molecule has 1 saturated heterocycles. The van der Waals surface area contributed by atoms with Crippen molar-refractivity contribution in [1.82, 2.24) is 19.7 Å². The molecule has 0 bridgehead atoms. The maximum Gasteiger partial charge on any atom is 0.233 e. The van der Waals surface area contributed by atoms with Crippen LogP contribution in [-0.2, 0) is 11.3 Å². The summed E-state index contributed by atoms with van der Waals surface area (Å²) in [7, 11) is 0. The van der Waals surface area contributed by atoms with Crippen molar-refractivity contribution in [3.8, 4) is 22.9 Å². The average Bonchev–Trinajstić information content (AvgIpc) is 3.54. The third-order valence-corrected chi connectivity index (χ3v) is 8.37. The maximum absolute atomic E-state index is 13.3. The van der Waals surface area contributed by atoms with E-state index in [-0.39, 0.29) is 12.7 Å². The van der Waals surface area contributed by atoms with Crippen LogP contribution in [0.3, 0.4) is 0 Å². The van der Waals surface area contributed by atoms with Crippen LogP contribution in [-0.4, -0.2) is 50.7 Å². The Morgan fingerprint density at radius 3 is 2.71 bits per heavy atom. The molecule has 0 N–H and O–H groups in total. The minimum atomic E-state index is 0.227. The fourth-order valence-corrected chi connectivity index (χ4v) is 6.53. The monoisotopic (exact) mass is 490 g/mol. The lowest BCUT2D eigenvalue weighted by Gasteiger charge is -2.44. The van der Waals surface area contributed by atoms with Crippen LogP contribution in [0.2, 0.25) is 0 Å². The van der Waals surface area contributed by atoms with E-state index in [0.717, 1.165) is 53.0 Å². The normalized spacial score (nSPS) is 21.1. The zero-order chi connectivity index (χ0) is 23.6. The number of rotatable bonds is 6. The Morgan fingerprint density at radius 1 is 0.971 bits per heavy atom. The van der Waals surface area contributed by atoms with Crippen LogP contribution < -0.4 is 9.47 Å². The highest BCUT2D eigenvalue weighted by Gasteiger charge is 2.35. The van der Waals surface area contributed by atoms with E-state index in [1.54, 1.807) is 0 Å². The Bertz CT molecular complexity index is 1200. The number of carbonyl (C=O) groups excluding carboxylic acids is 1. The van der Waals surface area contributed by atoms with Gasteiger partial charge >= 0.3 is 0 Å². The predicted octanol–water partition coefficient (Wildman–Crippen LogP) is 5.00. The molecule has 6 rings (SSSR count). The van der Waals surface area contributed by atoms with Crippen molar-refractivity contribution < 1.29 is 14.3 Å².